The molecule has 9 nitrogen and oxygen atoms in total. The number of benzene rings is 2. The average molecular weight is 445 g/mol. The van der Waals surface area contributed by atoms with E-state index in [0.717, 1.165) is 5.56 Å². The topological polar surface area (TPSA) is 108 Å². The van der Waals surface area contributed by atoms with Crippen LogP contribution in [0.15, 0.2) is 53.4 Å². The van der Waals surface area contributed by atoms with Crippen LogP contribution in [0, 0.1) is 0 Å². The third-order valence-corrected chi connectivity index (χ3v) is 7.23. The van der Waals surface area contributed by atoms with Gasteiger partial charge in [-0.15, -0.1) is 0 Å². The lowest BCUT2D eigenvalue weighted by Gasteiger charge is -2.34. The summed E-state index contributed by atoms with van der Waals surface area (Å²) >= 11 is 0. The van der Waals surface area contributed by atoms with Crippen molar-refractivity contribution in [2.24, 2.45) is 0 Å². The van der Waals surface area contributed by atoms with E-state index in [4.69, 9.17) is 4.74 Å². The molecule has 1 saturated heterocycles. The second kappa shape index (κ2) is 8.56. The van der Waals surface area contributed by atoms with Gasteiger partial charge in [-0.05, 0) is 30.7 Å². The van der Waals surface area contributed by atoms with Gasteiger partial charge in [0.15, 0.2) is 6.10 Å². The number of hydrogen-bond acceptors (Lipinski definition) is 5. The normalized spacial score (nSPS) is 19.2. The molecule has 1 atom stereocenters. The summed E-state index contributed by atoms with van der Waals surface area (Å²) in [6.07, 6.45) is -0.629. The molecule has 0 radical (unpaired) electrons. The lowest BCUT2D eigenvalue weighted by molar-refractivity contribution is -0.122. The fraction of sp³-hybridized carbons (Fsp3) is 0.333. The van der Waals surface area contributed by atoms with Gasteiger partial charge in [-0.3, -0.25) is 4.79 Å². The highest BCUT2D eigenvalue weighted by Gasteiger charge is 2.32. The number of piperazine rings is 1. The summed E-state index contributed by atoms with van der Waals surface area (Å²) in [5.74, 6) is 0.114. The van der Waals surface area contributed by atoms with Crippen molar-refractivity contribution in [3.63, 3.8) is 0 Å². The van der Waals surface area contributed by atoms with Gasteiger partial charge >= 0.3 is 6.03 Å². The van der Waals surface area contributed by atoms with Gasteiger partial charge in [0.25, 0.3) is 5.91 Å². The van der Waals surface area contributed by atoms with Gasteiger partial charge in [-0.25, -0.2) is 13.2 Å². The first-order valence-electron chi connectivity index (χ1n) is 10.0. The number of rotatable bonds is 4. The average Bonchev–Trinajstić information content (AvgIpc) is 2.78. The van der Waals surface area contributed by atoms with Crippen LogP contribution >= 0.6 is 0 Å². The van der Waals surface area contributed by atoms with Gasteiger partial charge in [-0.1, -0.05) is 30.3 Å². The SMILES string of the molecule is CC1Oc2ccc(S(=O)(=O)N3CCN(C(=O)NCc4ccccc4)CC3)cc2NC1=O. The zero-order chi connectivity index (χ0) is 22.0. The molecule has 0 aliphatic carbocycles. The predicted molar refractivity (Wildman–Crippen MR) is 114 cm³/mol. The molecular weight excluding hydrogens is 420 g/mol. The van der Waals surface area contributed by atoms with Crippen molar-refractivity contribution < 1.29 is 22.7 Å². The second-order valence-corrected chi connectivity index (χ2v) is 9.38. The summed E-state index contributed by atoms with van der Waals surface area (Å²) in [5, 5.41) is 5.53. The van der Waals surface area contributed by atoms with Crippen molar-refractivity contribution in [3.8, 4) is 5.75 Å². The van der Waals surface area contributed by atoms with E-state index in [9.17, 15) is 18.0 Å². The van der Waals surface area contributed by atoms with E-state index in [0.29, 0.717) is 31.1 Å². The molecule has 0 bridgehead atoms. The summed E-state index contributed by atoms with van der Waals surface area (Å²) in [5.41, 5.74) is 1.33. The maximum atomic E-state index is 13.1. The molecule has 0 aromatic heterocycles. The molecule has 1 unspecified atom stereocenters. The maximum absolute atomic E-state index is 13.1. The van der Waals surface area contributed by atoms with Crippen molar-refractivity contribution in [3.05, 3.63) is 54.1 Å². The fourth-order valence-electron chi connectivity index (χ4n) is 3.51. The van der Waals surface area contributed by atoms with E-state index in [2.05, 4.69) is 10.6 Å². The number of carbonyl (C=O) groups excluding carboxylic acids is 2. The van der Waals surface area contributed by atoms with Crippen LogP contribution in [0.4, 0.5) is 10.5 Å². The highest BCUT2D eigenvalue weighted by atomic mass is 32.2. The first-order valence-corrected chi connectivity index (χ1v) is 11.5. The van der Waals surface area contributed by atoms with E-state index < -0.39 is 16.1 Å². The summed E-state index contributed by atoms with van der Waals surface area (Å²) in [6, 6.07) is 13.8. The molecule has 2 N–H and O–H groups in total. The molecular formula is C21H24N4O5S. The van der Waals surface area contributed by atoms with Crippen molar-refractivity contribution in [1.82, 2.24) is 14.5 Å². The molecule has 0 spiro atoms. The number of carbonyl (C=O) groups is 2. The van der Waals surface area contributed by atoms with Crippen LogP contribution in [0.3, 0.4) is 0 Å². The minimum Gasteiger partial charge on any atom is -0.479 e. The maximum Gasteiger partial charge on any atom is 0.317 e. The summed E-state index contributed by atoms with van der Waals surface area (Å²) < 4.78 is 33.0. The van der Waals surface area contributed by atoms with Gasteiger partial charge in [0.05, 0.1) is 10.6 Å². The summed E-state index contributed by atoms with van der Waals surface area (Å²) in [4.78, 5) is 25.9. The third-order valence-electron chi connectivity index (χ3n) is 5.33. The molecule has 1 fully saturated rings. The van der Waals surface area contributed by atoms with E-state index in [1.807, 2.05) is 30.3 Å². The van der Waals surface area contributed by atoms with Gasteiger partial charge in [0.2, 0.25) is 10.0 Å². The van der Waals surface area contributed by atoms with E-state index in [-0.39, 0.29) is 29.9 Å². The van der Waals surface area contributed by atoms with E-state index >= 15 is 0 Å². The quantitative estimate of drug-likeness (QED) is 0.745. The smallest absolute Gasteiger partial charge is 0.317 e. The van der Waals surface area contributed by atoms with Gasteiger partial charge in [0.1, 0.15) is 5.75 Å². The highest BCUT2D eigenvalue weighted by Crippen LogP contribution is 2.32. The number of amides is 3. The number of nitrogens with zero attached hydrogens (tertiary/aromatic N) is 2. The van der Waals surface area contributed by atoms with Gasteiger partial charge < -0.3 is 20.3 Å². The molecule has 2 aromatic rings. The molecule has 4 rings (SSSR count). The number of nitrogens with one attached hydrogen (secondary N) is 2. The van der Waals surface area contributed by atoms with Crippen molar-refractivity contribution in [2.75, 3.05) is 31.5 Å². The fourth-order valence-corrected chi connectivity index (χ4v) is 4.96. The minimum atomic E-state index is -3.76. The van der Waals surface area contributed by atoms with E-state index in [1.165, 1.54) is 16.4 Å². The molecule has 164 valence electrons. The van der Waals surface area contributed by atoms with Crippen LogP contribution in [-0.2, 0) is 21.4 Å². The number of sulfonamides is 1. The molecule has 3 amide bonds. The monoisotopic (exact) mass is 444 g/mol. The predicted octanol–water partition coefficient (Wildman–Crippen LogP) is 1.62. The van der Waals surface area contributed by atoms with Crippen LogP contribution in [0.25, 0.3) is 0 Å². The number of ether oxygens (including phenoxy) is 1. The standard InChI is InChI=1S/C21H24N4O5S/c1-15-20(26)23-18-13-17(7-8-19(18)30-15)31(28,29)25-11-9-24(10-12-25)21(27)22-14-16-5-3-2-4-6-16/h2-8,13,15H,9-12,14H2,1H3,(H,22,27)(H,23,26). The first kappa shape index (κ1) is 21.1. The summed E-state index contributed by atoms with van der Waals surface area (Å²) in [7, 11) is -3.76. The third kappa shape index (κ3) is 4.49. The number of anilines is 1. The lowest BCUT2D eigenvalue weighted by Crippen LogP contribution is -2.52. The van der Waals surface area contributed by atoms with Crippen molar-refractivity contribution in [1.29, 1.82) is 0 Å². The van der Waals surface area contributed by atoms with Gasteiger partial charge in [-0.2, -0.15) is 4.31 Å². The largest absolute Gasteiger partial charge is 0.479 e. The Bertz CT molecular complexity index is 1080. The summed E-state index contributed by atoms with van der Waals surface area (Å²) in [6.45, 7) is 3.01. The molecule has 2 aromatic carbocycles. The lowest BCUT2D eigenvalue weighted by atomic mass is 10.2. The Kier molecular flexibility index (Phi) is 5.84. The van der Waals surface area contributed by atoms with Gasteiger partial charge in [0, 0.05) is 32.7 Å². The highest BCUT2D eigenvalue weighted by molar-refractivity contribution is 7.89. The Morgan fingerprint density at radius 1 is 1.13 bits per heavy atom. The van der Waals surface area contributed by atoms with Crippen molar-refractivity contribution in [2.45, 2.75) is 24.5 Å². The molecule has 0 saturated carbocycles. The van der Waals surface area contributed by atoms with Crippen LogP contribution < -0.4 is 15.4 Å². The number of hydrogen-bond donors (Lipinski definition) is 2. The number of urea groups is 1. The first-order chi connectivity index (χ1) is 14.8. The minimum absolute atomic E-state index is 0.0756. The van der Waals surface area contributed by atoms with Crippen LogP contribution in [-0.4, -0.2) is 61.8 Å². The van der Waals surface area contributed by atoms with Crippen LogP contribution in [0.2, 0.25) is 0 Å². The molecule has 2 aliphatic heterocycles. The zero-order valence-corrected chi connectivity index (χ0v) is 17.9. The molecule has 31 heavy (non-hydrogen) atoms. The second-order valence-electron chi connectivity index (χ2n) is 7.44. The molecule has 10 heteroatoms. The Labute approximate surface area is 181 Å². The zero-order valence-electron chi connectivity index (χ0n) is 17.1. The Hall–Kier alpha value is -3.11. The van der Waals surface area contributed by atoms with Crippen molar-refractivity contribution >= 4 is 27.6 Å². The van der Waals surface area contributed by atoms with Crippen LogP contribution in [0.5, 0.6) is 5.75 Å². The Balaban J connectivity index is 1.37. The Morgan fingerprint density at radius 3 is 2.55 bits per heavy atom. The Morgan fingerprint density at radius 2 is 1.84 bits per heavy atom. The van der Waals surface area contributed by atoms with Crippen LogP contribution in [0.1, 0.15) is 12.5 Å². The van der Waals surface area contributed by atoms with E-state index in [1.54, 1.807) is 17.9 Å². The molecule has 2 heterocycles. The molecule has 2 aliphatic rings. The number of fused-ring (bicyclic) bond motifs is 1.